The highest BCUT2D eigenvalue weighted by atomic mass is 16.5. The van der Waals surface area contributed by atoms with E-state index >= 15 is 0 Å². The third-order valence-electron chi connectivity index (χ3n) is 6.69. The minimum atomic E-state index is 0.0218. The van der Waals surface area contributed by atoms with Gasteiger partial charge in [0.1, 0.15) is 5.75 Å². The highest BCUT2D eigenvalue weighted by Gasteiger charge is 2.30. The summed E-state index contributed by atoms with van der Waals surface area (Å²) in [6.45, 7) is 3.41. The van der Waals surface area contributed by atoms with Crippen LogP contribution in [0.15, 0.2) is 30.6 Å². The molecule has 166 valence electrons. The summed E-state index contributed by atoms with van der Waals surface area (Å²) in [4.78, 5) is 26.7. The van der Waals surface area contributed by atoms with Gasteiger partial charge >= 0.3 is 0 Å². The van der Waals surface area contributed by atoms with E-state index in [1.165, 1.54) is 5.56 Å². The maximum Gasteiger partial charge on any atom is 0.257 e. The molecule has 1 saturated heterocycles. The van der Waals surface area contributed by atoms with E-state index in [2.05, 4.69) is 41.2 Å². The van der Waals surface area contributed by atoms with Crippen LogP contribution >= 0.6 is 0 Å². The maximum absolute atomic E-state index is 13.1. The molecule has 1 fully saturated rings. The summed E-state index contributed by atoms with van der Waals surface area (Å²) in [5.41, 5.74) is 5.74. The summed E-state index contributed by atoms with van der Waals surface area (Å²) in [6, 6.07) is 6.50. The van der Waals surface area contributed by atoms with Gasteiger partial charge in [-0.1, -0.05) is 0 Å². The van der Waals surface area contributed by atoms with Crippen LogP contribution in [0.4, 0.5) is 0 Å². The fourth-order valence-corrected chi connectivity index (χ4v) is 4.66. The van der Waals surface area contributed by atoms with Crippen molar-refractivity contribution in [1.29, 1.82) is 0 Å². The van der Waals surface area contributed by atoms with E-state index in [0.717, 1.165) is 60.6 Å². The number of aromatic nitrogens is 4. The zero-order valence-electron chi connectivity index (χ0n) is 19.0. The van der Waals surface area contributed by atoms with Crippen molar-refractivity contribution in [2.75, 3.05) is 34.3 Å². The van der Waals surface area contributed by atoms with Gasteiger partial charge in [0.25, 0.3) is 11.9 Å². The summed E-state index contributed by atoms with van der Waals surface area (Å²) in [6.07, 6.45) is 6.34. The molecule has 3 heterocycles. The minimum absolute atomic E-state index is 0.0218. The molecule has 0 spiro atoms. The number of likely N-dealkylation sites (tertiary alicyclic amines) is 1. The Kier molecular flexibility index (Phi) is 5.17. The van der Waals surface area contributed by atoms with E-state index in [0.29, 0.717) is 17.6 Å². The first-order valence-electron chi connectivity index (χ1n) is 11.0. The number of carbonyl (C=O) groups excluding carboxylic acids is 1. The zero-order chi connectivity index (χ0) is 22.4. The summed E-state index contributed by atoms with van der Waals surface area (Å²) >= 11 is 0. The van der Waals surface area contributed by atoms with Gasteiger partial charge in [-0.05, 0) is 69.6 Å². The van der Waals surface area contributed by atoms with E-state index in [1.54, 1.807) is 18.0 Å². The lowest BCUT2D eigenvalue weighted by atomic mass is 9.90. The summed E-state index contributed by atoms with van der Waals surface area (Å²) in [5, 5.41) is 4.48. The van der Waals surface area contributed by atoms with Gasteiger partial charge in [-0.15, -0.1) is 0 Å². The van der Waals surface area contributed by atoms with E-state index < -0.39 is 0 Å². The van der Waals surface area contributed by atoms with Gasteiger partial charge < -0.3 is 14.5 Å². The Balaban J connectivity index is 1.46. The number of benzene rings is 1. The molecule has 32 heavy (non-hydrogen) atoms. The second-order valence-electron chi connectivity index (χ2n) is 8.78. The second-order valence-corrected chi connectivity index (χ2v) is 8.78. The molecule has 0 saturated carbocycles. The highest BCUT2D eigenvalue weighted by molar-refractivity contribution is 5.95. The van der Waals surface area contributed by atoms with Crippen molar-refractivity contribution in [3.8, 4) is 23.0 Å². The third kappa shape index (κ3) is 3.44. The van der Waals surface area contributed by atoms with Crippen LogP contribution in [-0.4, -0.2) is 75.8 Å². The van der Waals surface area contributed by atoms with Gasteiger partial charge in [0.05, 0.1) is 30.3 Å². The lowest BCUT2D eigenvalue weighted by Crippen LogP contribution is -2.34. The van der Waals surface area contributed by atoms with E-state index in [-0.39, 0.29) is 5.91 Å². The number of nitrogens with zero attached hydrogens (tertiary/aromatic N) is 6. The van der Waals surface area contributed by atoms with Gasteiger partial charge in [0.2, 0.25) is 0 Å². The fraction of sp³-hybridized carbons (Fsp3) is 0.417. The number of ether oxygens (including phenoxy) is 1. The molecule has 8 heteroatoms. The smallest absolute Gasteiger partial charge is 0.257 e. The molecule has 0 N–H and O–H groups in total. The van der Waals surface area contributed by atoms with Gasteiger partial charge in [0.15, 0.2) is 0 Å². The molecule has 1 aliphatic heterocycles. The van der Waals surface area contributed by atoms with Gasteiger partial charge in [-0.25, -0.2) is 14.6 Å². The minimum Gasteiger partial charge on any atom is -0.497 e. The number of methoxy groups -OCH3 is 1. The Bertz CT molecular complexity index is 1190. The summed E-state index contributed by atoms with van der Waals surface area (Å²) in [7, 11) is 5.80. The fourth-order valence-electron chi connectivity index (χ4n) is 4.66. The Morgan fingerprint density at radius 3 is 2.75 bits per heavy atom. The van der Waals surface area contributed by atoms with Crippen LogP contribution in [0, 0.1) is 6.92 Å². The average molecular weight is 433 g/mol. The Morgan fingerprint density at radius 1 is 1.19 bits per heavy atom. The largest absolute Gasteiger partial charge is 0.497 e. The van der Waals surface area contributed by atoms with Crippen molar-refractivity contribution in [2.45, 2.75) is 32.2 Å². The Hall–Kier alpha value is -3.26. The van der Waals surface area contributed by atoms with Crippen LogP contribution < -0.4 is 4.74 Å². The van der Waals surface area contributed by atoms with Crippen LogP contribution in [0.25, 0.3) is 17.2 Å². The number of amides is 1. The highest BCUT2D eigenvalue weighted by Crippen LogP contribution is 2.34. The van der Waals surface area contributed by atoms with Gasteiger partial charge in [-0.2, -0.15) is 5.10 Å². The predicted molar refractivity (Wildman–Crippen MR) is 121 cm³/mol. The molecule has 2 aliphatic rings. The number of fused-ring (bicyclic) bond motifs is 3. The third-order valence-corrected chi connectivity index (χ3v) is 6.69. The van der Waals surface area contributed by atoms with Gasteiger partial charge in [0, 0.05) is 30.9 Å². The normalized spacial score (nSPS) is 17.4. The Morgan fingerprint density at radius 2 is 2.00 bits per heavy atom. The maximum atomic E-state index is 13.1. The lowest BCUT2D eigenvalue weighted by molar-refractivity contribution is 0.0782. The molecule has 0 radical (unpaired) electrons. The summed E-state index contributed by atoms with van der Waals surface area (Å²) in [5.74, 6) is 1.36. The first kappa shape index (κ1) is 20.6. The molecule has 1 aliphatic carbocycles. The van der Waals surface area contributed by atoms with E-state index in [9.17, 15) is 4.79 Å². The second kappa shape index (κ2) is 8.02. The van der Waals surface area contributed by atoms with Crippen molar-refractivity contribution in [3.63, 3.8) is 0 Å². The molecule has 1 aromatic carbocycles. The molecule has 1 amide bonds. The van der Waals surface area contributed by atoms with Gasteiger partial charge in [-0.3, -0.25) is 4.79 Å². The molecule has 3 aromatic rings. The Labute approximate surface area is 187 Å². The van der Waals surface area contributed by atoms with Crippen LogP contribution in [0.1, 0.15) is 33.6 Å². The van der Waals surface area contributed by atoms with Crippen molar-refractivity contribution >= 4 is 5.91 Å². The summed E-state index contributed by atoms with van der Waals surface area (Å²) < 4.78 is 7.05. The molecular formula is C24H28N6O2. The number of carbonyl (C=O) groups is 1. The number of aryl methyl sites for hydroxylation is 2. The number of hydrogen-bond acceptors (Lipinski definition) is 6. The number of hydrogen-bond donors (Lipinski definition) is 0. The molecule has 2 aromatic heterocycles. The zero-order valence-corrected chi connectivity index (χ0v) is 19.0. The number of rotatable bonds is 4. The predicted octanol–water partition coefficient (Wildman–Crippen LogP) is 2.52. The van der Waals surface area contributed by atoms with Crippen molar-refractivity contribution in [1.82, 2.24) is 29.5 Å². The van der Waals surface area contributed by atoms with Crippen molar-refractivity contribution < 1.29 is 9.53 Å². The topological polar surface area (TPSA) is 76.4 Å². The molecule has 0 bridgehead atoms. The molecule has 0 unspecified atom stereocenters. The quantitative estimate of drug-likeness (QED) is 0.631. The van der Waals surface area contributed by atoms with Crippen LogP contribution in [0.2, 0.25) is 0 Å². The standard InChI is InChI=1S/C24H28N6O2/c1-15-21(23(31)29-10-9-18(14-29)28(2)3)13-26-30(15)24-25-12-17-6-5-16-11-19(32-4)7-8-20(16)22(17)27-24/h7-8,11-13,18H,5-6,9-10,14H2,1-4H3/t18-/m0/s1. The van der Waals surface area contributed by atoms with E-state index in [1.807, 2.05) is 24.1 Å². The van der Waals surface area contributed by atoms with Crippen LogP contribution in [0.3, 0.4) is 0 Å². The van der Waals surface area contributed by atoms with Crippen LogP contribution in [0.5, 0.6) is 5.75 Å². The molecule has 8 nitrogen and oxygen atoms in total. The molecular weight excluding hydrogens is 404 g/mol. The van der Waals surface area contributed by atoms with E-state index in [4.69, 9.17) is 9.72 Å². The molecule has 1 atom stereocenters. The molecule has 5 rings (SSSR count). The first-order chi connectivity index (χ1) is 15.5. The van der Waals surface area contributed by atoms with Crippen LogP contribution in [-0.2, 0) is 12.8 Å². The lowest BCUT2D eigenvalue weighted by Gasteiger charge is -2.20. The first-order valence-corrected chi connectivity index (χ1v) is 11.0. The monoisotopic (exact) mass is 432 g/mol. The van der Waals surface area contributed by atoms with Crippen molar-refractivity contribution in [2.24, 2.45) is 0 Å². The van der Waals surface area contributed by atoms with Crippen molar-refractivity contribution in [3.05, 3.63) is 53.0 Å². The average Bonchev–Trinajstić information content (AvgIpc) is 3.45. The SMILES string of the molecule is COc1ccc2c(c1)CCc1cnc(-n3ncc(C(=O)N4CC[C@H](N(C)C)C4)c3C)nc1-2. The number of likely N-dealkylation sites (N-methyl/N-ethyl adjacent to an activating group) is 1.